The summed E-state index contributed by atoms with van der Waals surface area (Å²) in [6.45, 7) is 6.18. The third-order valence-electron chi connectivity index (χ3n) is 4.02. The molecule has 1 aliphatic heterocycles. The predicted octanol–water partition coefficient (Wildman–Crippen LogP) is 1.87. The first-order chi connectivity index (χ1) is 12.2. The number of carbonyl (C=O) groups excluding carboxylic acids is 2. The van der Waals surface area contributed by atoms with Crippen molar-refractivity contribution < 1.29 is 14.0 Å². The Morgan fingerprint density at radius 1 is 1.20 bits per heavy atom. The second-order valence-corrected chi connectivity index (χ2v) is 5.69. The van der Waals surface area contributed by atoms with Gasteiger partial charge >= 0.3 is 0 Å². The van der Waals surface area contributed by atoms with Crippen LogP contribution in [-0.2, 0) is 0 Å². The summed E-state index contributed by atoms with van der Waals surface area (Å²) < 4.78 is 5.14. The number of aromatic nitrogens is 1. The summed E-state index contributed by atoms with van der Waals surface area (Å²) in [7, 11) is 0. The van der Waals surface area contributed by atoms with Crippen LogP contribution in [0.15, 0.2) is 53.9 Å². The van der Waals surface area contributed by atoms with Crippen molar-refractivity contribution in [1.82, 2.24) is 14.8 Å². The Labute approximate surface area is 145 Å². The molecule has 3 heterocycles. The molecule has 0 saturated carbocycles. The van der Waals surface area contributed by atoms with Gasteiger partial charge in [0.25, 0.3) is 11.8 Å². The van der Waals surface area contributed by atoms with Crippen molar-refractivity contribution in [3.63, 3.8) is 0 Å². The van der Waals surface area contributed by atoms with Crippen molar-refractivity contribution in [3.8, 4) is 0 Å². The maximum atomic E-state index is 12.6. The van der Waals surface area contributed by atoms with Gasteiger partial charge in [0.05, 0.1) is 17.5 Å². The molecular weight excluding hydrogens is 320 g/mol. The molecule has 3 rings (SSSR count). The average Bonchev–Trinajstić information content (AvgIpc) is 3.20. The molecule has 7 nitrogen and oxygen atoms in total. The molecule has 1 N–H and O–H groups in total. The average molecular weight is 340 g/mol. The van der Waals surface area contributed by atoms with Gasteiger partial charge in [-0.05, 0) is 18.2 Å². The van der Waals surface area contributed by atoms with Crippen LogP contribution >= 0.6 is 0 Å². The predicted molar refractivity (Wildman–Crippen MR) is 93.4 cm³/mol. The van der Waals surface area contributed by atoms with Crippen molar-refractivity contribution in [2.45, 2.75) is 0 Å². The summed E-state index contributed by atoms with van der Waals surface area (Å²) in [6.07, 6.45) is 6.44. The van der Waals surface area contributed by atoms with Crippen LogP contribution in [0.2, 0.25) is 0 Å². The minimum absolute atomic E-state index is 0.0835. The number of pyridine rings is 1. The van der Waals surface area contributed by atoms with Gasteiger partial charge in [0.15, 0.2) is 5.76 Å². The second-order valence-electron chi connectivity index (χ2n) is 5.69. The molecule has 0 aliphatic carbocycles. The Morgan fingerprint density at radius 2 is 1.92 bits per heavy atom. The lowest BCUT2D eigenvalue weighted by molar-refractivity contribution is 0.0518. The molecule has 7 heteroatoms. The van der Waals surface area contributed by atoms with E-state index >= 15 is 0 Å². The van der Waals surface area contributed by atoms with Gasteiger partial charge in [-0.3, -0.25) is 14.6 Å². The highest BCUT2D eigenvalue weighted by Gasteiger charge is 2.26. The van der Waals surface area contributed by atoms with E-state index in [4.69, 9.17) is 4.42 Å². The second kappa shape index (κ2) is 7.65. The zero-order valence-electron chi connectivity index (χ0n) is 13.9. The number of hydrogen-bond acceptors (Lipinski definition) is 5. The van der Waals surface area contributed by atoms with Crippen LogP contribution in [0.1, 0.15) is 20.9 Å². The van der Waals surface area contributed by atoms with E-state index in [1.165, 1.54) is 6.26 Å². The van der Waals surface area contributed by atoms with Crippen LogP contribution in [0.3, 0.4) is 0 Å². The molecular formula is C18H20N4O3. The topological polar surface area (TPSA) is 78.7 Å². The molecule has 0 unspecified atom stereocenters. The highest BCUT2D eigenvalue weighted by atomic mass is 16.3. The minimum Gasteiger partial charge on any atom is -0.459 e. The SMILES string of the molecule is C=CCNc1cncc(C(=O)N2CCN(C(=O)c3ccco3)CC2)c1. The number of piperazine rings is 1. The number of anilines is 1. The molecule has 1 saturated heterocycles. The molecule has 0 atom stereocenters. The fourth-order valence-corrected chi connectivity index (χ4v) is 2.69. The largest absolute Gasteiger partial charge is 0.459 e. The van der Waals surface area contributed by atoms with Crippen LogP contribution in [0.5, 0.6) is 0 Å². The first kappa shape index (κ1) is 16.8. The van der Waals surface area contributed by atoms with E-state index in [0.29, 0.717) is 44.0 Å². The number of nitrogens with one attached hydrogen (secondary N) is 1. The fraction of sp³-hybridized carbons (Fsp3) is 0.278. The van der Waals surface area contributed by atoms with E-state index < -0.39 is 0 Å². The number of nitrogens with zero attached hydrogens (tertiary/aromatic N) is 3. The number of hydrogen-bond donors (Lipinski definition) is 1. The van der Waals surface area contributed by atoms with E-state index in [-0.39, 0.29) is 11.8 Å². The molecule has 25 heavy (non-hydrogen) atoms. The Bertz CT molecular complexity index is 749. The van der Waals surface area contributed by atoms with Crippen molar-refractivity contribution in [3.05, 3.63) is 60.8 Å². The molecule has 130 valence electrons. The van der Waals surface area contributed by atoms with Crippen molar-refractivity contribution in [1.29, 1.82) is 0 Å². The maximum absolute atomic E-state index is 12.6. The number of furan rings is 1. The van der Waals surface area contributed by atoms with Gasteiger partial charge in [-0.1, -0.05) is 6.08 Å². The van der Waals surface area contributed by atoms with Gasteiger partial charge in [0.2, 0.25) is 0 Å². The van der Waals surface area contributed by atoms with Crippen molar-refractivity contribution in [2.24, 2.45) is 0 Å². The van der Waals surface area contributed by atoms with Gasteiger partial charge in [-0.15, -0.1) is 6.58 Å². The lowest BCUT2D eigenvalue weighted by Crippen LogP contribution is -2.50. The minimum atomic E-state index is -0.144. The molecule has 0 spiro atoms. The lowest BCUT2D eigenvalue weighted by Gasteiger charge is -2.34. The Balaban J connectivity index is 1.60. The third-order valence-corrected chi connectivity index (χ3v) is 4.02. The number of amides is 2. The summed E-state index contributed by atoms with van der Waals surface area (Å²) in [6, 6.07) is 5.11. The number of carbonyl (C=O) groups is 2. The van der Waals surface area contributed by atoms with Gasteiger partial charge in [0.1, 0.15) is 0 Å². The standard InChI is InChI=1S/C18H20N4O3/c1-2-5-20-15-11-14(12-19-13-15)17(23)21-6-8-22(9-7-21)18(24)16-4-3-10-25-16/h2-4,10-13,20H,1,5-9H2. The Kier molecular flexibility index (Phi) is 5.13. The maximum Gasteiger partial charge on any atom is 0.289 e. The van der Waals surface area contributed by atoms with Crippen LogP contribution in [-0.4, -0.2) is 59.3 Å². The van der Waals surface area contributed by atoms with E-state index in [2.05, 4.69) is 16.9 Å². The van der Waals surface area contributed by atoms with Gasteiger partial charge in [-0.2, -0.15) is 0 Å². The van der Waals surface area contributed by atoms with Gasteiger partial charge in [-0.25, -0.2) is 0 Å². The summed E-state index contributed by atoms with van der Waals surface area (Å²) in [4.78, 5) is 32.4. The summed E-state index contributed by atoms with van der Waals surface area (Å²) in [5.74, 6) is 0.0965. The van der Waals surface area contributed by atoms with Crippen LogP contribution in [0.4, 0.5) is 5.69 Å². The normalized spacial score (nSPS) is 14.2. The van der Waals surface area contributed by atoms with E-state index in [1.54, 1.807) is 46.5 Å². The van der Waals surface area contributed by atoms with E-state index in [9.17, 15) is 9.59 Å². The Hall–Kier alpha value is -3.09. The van der Waals surface area contributed by atoms with Crippen LogP contribution < -0.4 is 5.32 Å². The third kappa shape index (κ3) is 3.88. The van der Waals surface area contributed by atoms with E-state index in [1.807, 2.05) is 0 Å². The van der Waals surface area contributed by atoms with E-state index in [0.717, 1.165) is 5.69 Å². The van der Waals surface area contributed by atoms with Gasteiger partial charge in [0, 0.05) is 45.1 Å². The molecule has 2 aromatic rings. The molecule has 1 fully saturated rings. The number of rotatable bonds is 5. The molecule has 2 aromatic heterocycles. The van der Waals surface area contributed by atoms with Gasteiger partial charge < -0.3 is 19.5 Å². The fourth-order valence-electron chi connectivity index (χ4n) is 2.69. The molecule has 1 aliphatic rings. The first-order valence-corrected chi connectivity index (χ1v) is 8.11. The highest BCUT2D eigenvalue weighted by molar-refractivity contribution is 5.95. The lowest BCUT2D eigenvalue weighted by atomic mass is 10.2. The summed E-state index contributed by atoms with van der Waals surface area (Å²) in [5, 5.41) is 3.12. The molecule has 0 radical (unpaired) electrons. The van der Waals surface area contributed by atoms with Crippen molar-refractivity contribution >= 4 is 17.5 Å². The highest BCUT2D eigenvalue weighted by Crippen LogP contribution is 2.14. The summed E-state index contributed by atoms with van der Waals surface area (Å²) in [5.41, 5.74) is 1.30. The van der Waals surface area contributed by atoms with Crippen LogP contribution in [0.25, 0.3) is 0 Å². The Morgan fingerprint density at radius 3 is 2.56 bits per heavy atom. The van der Waals surface area contributed by atoms with Crippen LogP contribution in [0, 0.1) is 0 Å². The molecule has 2 amide bonds. The monoisotopic (exact) mass is 340 g/mol. The molecule has 0 bridgehead atoms. The quantitative estimate of drug-likeness (QED) is 0.841. The zero-order valence-corrected chi connectivity index (χ0v) is 13.9. The zero-order chi connectivity index (χ0) is 17.6. The van der Waals surface area contributed by atoms with Crippen molar-refractivity contribution in [2.75, 3.05) is 38.0 Å². The first-order valence-electron chi connectivity index (χ1n) is 8.11. The molecule has 0 aromatic carbocycles. The smallest absolute Gasteiger partial charge is 0.289 e. The summed E-state index contributed by atoms with van der Waals surface area (Å²) >= 11 is 0.